The molecule has 0 saturated carbocycles. The highest BCUT2D eigenvalue weighted by Crippen LogP contribution is 2.15. The Morgan fingerprint density at radius 1 is 1.36 bits per heavy atom. The molecular weight excluding hydrogens is 190 g/mol. The van der Waals surface area contributed by atoms with Crippen LogP contribution in [0.15, 0.2) is 29.2 Å². The van der Waals surface area contributed by atoms with Gasteiger partial charge in [0, 0.05) is 4.88 Å². The molecular formula is C12H17NS. The predicted molar refractivity (Wildman–Crippen MR) is 62.8 cm³/mol. The van der Waals surface area contributed by atoms with Gasteiger partial charge in [0.15, 0.2) is 0 Å². The summed E-state index contributed by atoms with van der Waals surface area (Å²) in [5.74, 6) is 0. The molecule has 14 heavy (non-hydrogen) atoms. The Balaban J connectivity index is 1.89. The first kappa shape index (κ1) is 9.94. The molecule has 0 amide bonds. The van der Waals surface area contributed by atoms with Gasteiger partial charge in [0.05, 0.1) is 0 Å². The molecule has 2 rings (SSSR count). The van der Waals surface area contributed by atoms with Crippen LogP contribution in [0.4, 0.5) is 0 Å². The number of allylic oxidation sites excluding steroid dienone is 1. The molecule has 0 bridgehead atoms. The smallest absolute Gasteiger partial charge is 0.00829 e. The van der Waals surface area contributed by atoms with Crippen LogP contribution in [0.5, 0.6) is 0 Å². The van der Waals surface area contributed by atoms with Crippen molar-refractivity contribution in [3.63, 3.8) is 0 Å². The van der Waals surface area contributed by atoms with Gasteiger partial charge in [0.25, 0.3) is 0 Å². The zero-order valence-electron chi connectivity index (χ0n) is 8.46. The van der Waals surface area contributed by atoms with Gasteiger partial charge in [-0.1, -0.05) is 17.7 Å². The van der Waals surface area contributed by atoms with E-state index in [1.807, 2.05) is 11.3 Å². The van der Waals surface area contributed by atoms with Gasteiger partial charge in [0.1, 0.15) is 0 Å². The molecule has 1 saturated heterocycles. The Morgan fingerprint density at radius 3 is 3.21 bits per heavy atom. The van der Waals surface area contributed by atoms with Crippen LogP contribution in [-0.2, 0) is 6.42 Å². The summed E-state index contributed by atoms with van der Waals surface area (Å²) in [6.45, 7) is 2.35. The molecule has 0 spiro atoms. The first-order valence-corrected chi connectivity index (χ1v) is 6.24. The van der Waals surface area contributed by atoms with Gasteiger partial charge in [-0.2, -0.15) is 0 Å². The average molecular weight is 207 g/mol. The van der Waals surface area contributed by atoms with Crippen LogP contribution in [0.2, 0.25) is 0 Å². The Hall–Kier alpha value is -0.600. The van der Waals surface area contributed by atoms with E-state index in [-0.39, 0.29) is 0 Å². The lowest BCUT2D eigenvalue weighted by Crippen LogP contribution is -2.13. The third-order valence-electron chi connectivity index (χ3n) is 2.65. The number of thiophene rings is 1. The van der Waals surface area contributed by atoms with Crippen molar-refractivity contribution in [2.24, 2.45) is 0 Å². The van der Waals surface area contributed by atoms with Gasteiger partial charge in [-0.25, -0.2) is 0 Å². The van der Waals surface area contributed by atoms with Crippen molar-refractivity contribution in [2.45, 2.75) is 25.7 Å². The van der Waals surface area contributed by atoms with E-state index in [4.69, 9.17) is 0 Å². The van der Waals surface area contributed by atoms with E-state index in [0.29, 0.717) is 0 Å². The lowest BCUT2D eigenvalue weighted by atomic mass is 10.1. The van der Waals surface area contributed by atoms with Gasteiger partial charge in [-0.05, 0) is 50.2 Å². The van der Waals surface area contributed by atoms with Crippen molar-refractivity contribution in [3.8, 4) is 0 Å². The second-order valence-electron chi connectivity index (χ2n) is 3.75. The van der Waals surface area contributed by atoms with Crippen molar-refractivity contribution in [2.75, 3.05) is 13.1 Å². The fraction of sp³-hybridized carbons (Fsp3) is 0.500. The largest absolute Gasteiger partial charge is 0.316 e. The van der Waals surface area contributed by atoms with E-state index in [0.717, 1.165) is 13.0 Å². The van der Waals surface area contributed by atoms with Crippen LogP contribution >= 0.6 is 11.3 Å². The normalized spacial score (nSPS) is 21.0. The third-order valence-corrected chi connectivity index (χ3v) is 3.55. The van der Waals surface area contributed by atoms with E-state index < -0.39 is 0 Å². The summed E-state index contributed by atoms with van der Waals surface area (Å²) in [6.07, 6.45) is 7.39. The fourth-order valence-electron chi connectivity index (χ4n) is 1.82. The van der Waals surface area contributed by atoms with Crippen LogP contribution in [0.25, 0.3) is 0 Å². The zero-order valence-corrected chi connectivity index (χ0v) is 9.28. The van der Waals surface area contributed by atoms with Gasteiger partial charge < -0.3 is 5.32 Å². The maximum atomic E-state index is 3.43. The molecule has 0 radical (unpaired) electrons. The summed E-state index contributed by atoms with van der Waals surface area (Å²) in [4.78, 5) is 1.48. The average Bonchev–Trinajstić information content (AvgIpc) is 2.58. The Labute approximate surface area is 89.8 Å². The van der Waals surface area contributed by atoms with Gasteiger partial charge in [0.2, 0.25) is 0 Å². The first-order chi connectivity index (χ1) is 6.95. The van der Waals surface area contributed by atoms with Crippen LogP contribution in [0.3, 0.4) is 0 Å². The number of rotatable bonds is 2. The fourth-order valence-corrected chi connectivity index (χ4v) is 2.49. The van der Waals surface area contributed by atoms with E-state index in [9.17, 15) is 0 Å². The Bertz CT molecular complexity index is 277. The topological polar surface area (TPSA) is 12.0 Å². The van der Waals surface area contributed by atoms with E-state index >= 15 is 0 Å². The third kappa shape index (κ3) is 2.96. The quantitative estimate of drug-likeness (QED) is 0.735. The maximum absolute atomic E-state index is 3.43. The van der Waals surface area contributed by atoms with Crippen LogP contribution < -0.4 is 5.32 Å². The molecule has 2 heteroatoms. The molecule has 1 aromatic heterocycles. The van der Waals surface area contributed by atoms with E-state index in [2.05, 4.69) is 28.9 Å². The second-order valence-corrected chi connectivity index (χ2v) is 4.78. The van der Waals surface area contributed by atoms with Crippen molar-refractivity contribution in [1.82, 2.24) is 5.32 Å². The van der Waals surface area contributed by atoms with E-state index in [1.54, 1.807) is 5.57 Å². The lowest BCUT2D eigenvalue weighted by molar-refractivity contribution is 0.703. The maximum Gasteiger partial charge on any atom is 0.00829 e. The second kappa shape index (κ2) is 5.32. The highest BCUT2D eigenvalue weighted by atomic mass is 32.1. The summed E-state index contributed by atoms with van der Waals surface area (Å²) in [6, 6.07) is 4.35. The van der Waals surface area contributed by atoms with Gasteiger partial charge in [-0.3, -0.25) is 0 Å². The van der Waals surface area contributed by atoms with Gasteiger partial charge >= 0.3 is 0 Å². The number of hydrogen-bond acceptors (Lipinski definition) is 2. The molecule has 0 aromatic carbocycles. The Kier molecular flexibility index (Phi) is 3.78. The molecule has 0 unspecified atom stereocenters. The zero-order chi connectivity index (χ0) is 9.64. The monoisotopic (exact) mass is 207 g/mol. The minimum atomic E-state index is 1.13. The molecule has 0 atom stereocenters. The summed E-state index contributed by atoms with van der Waals surface area (Å²) >= 11 is 1.86. The first-order valence-electron chi connectivity index (χ1n) is 5.36. The molecule has 1 aliphatic heterocycles. The molecule has 0 aliphatic carbocycles. The van der Waals surface area contributed by atoms with Crippen molar-refractivity contribution in [3.05, 3.63) is 34.0 Å². The Morgan fingerprint density at radius 2 is 2.36 bits per heavy atom. The lowest BCUT2D eigenvalue weighted by Gasteiger charge is -2.00. The number of hydrogen-bond donors (Lipinski definition) is 1. The van der Waals surface area contributed by atoms with Crippen molar-refractivity contribution in [1.29, 1.82) is 0 Å². The molecule has 1 aliphatic rings. The molecule has 1 aromatic rings. The molecule has 1 N–H and O–H groups in total. The van der Waals surface area contributed by atoms with E-state index in [1.165, 1.54) is 30.7 Å². The summed E-state index contributed by atoms with van der Waals surface area (Å²) in [5, 5.41) is 5.59. The number of nitrogens with one attached hydrogen (secondary N) is 1. The SMILES string of the molecule is C(/Cc1cccs1)=C1\CCCNCC1. The van der Waals surface area contributed by atoms with Crippen molar-refractivity contribution >= 4 is 11.3 Å². The highest BCUT2D eigenvalue weighted by Gasteiger charge is 2.02. The summed E-state index contributed by atoms with van der Waals surface area (Å²) in [7, 11) is 0. The summed E-state index contributed by atoms with van der Waals surface area (Å²) < 4.78 is 0. The standard InChI is InChI=1S/C12H17NS/c1-3-11(7-9-13-8-1)5-6-12-4-2-10-14-12/h2,4-5,10,13H,1,3,6-9H2/b11-5-. The molecule has 1 fully saturated rings. The molecule has 76 valence electrons. The van der Waals surface area contributed by atoms with Crippen molar-refractivity contribution < 1.29 is 0 Å². The highest BCUT2D eigenvalue weighted by molar-refractivity contribution is 7.09. The minimum Gasteiger partial charge on any atom is -0.316 e. The minimum absolute atomic E-state index is 1.13. The molecule has 1 nitrogen and oxygen atoms in total. The molecule has 2 heterocycles. The van der Waals surface area contributed by atoms with Crippen LogP contribution in [-0.4, -0.2) is 13.1 Å². The van der Waals surface area contributed by atoms with Gasteiger partial charge in [-0.15, -0.1) is 11.3 Å². The summed E-state index contributed by atoms with van der Waals surface area (Å²) in [5.41, 5.74) is 1.64. The van der Waals surface area contributed by atoms with Crippen LogP contribution in [0, 0.1) is 0 Å². The predicted octanol–water partition coefficient (Wildman–Crippen LogP) is 2.99. The van der Waals surface area contributed by atoms with Crippen LogP contribution in [0.1, 0.15) is 24.1 Å².